The summed E-state index contributed by atoms with van der Waals surface area (Å²) in [4.78, 5) is 23.3. The maximum Gasteiger partial charge on any atom is 0.387 e. The van der Waals surface area contributed by atoms with Gasteiger partial charge in [0.25, 0.3) is 11.6 Å². The quantitative estimate of drug-likeness (QED) is 0.583. The second kappa shape index (κ2) is 8.20. The molecule has 0 spiro atoms. The molecule has 0 fully saturated rings. The molecule has 148 valence electrons. The molecule has 0 saturated heterocycles. The molecule has 1 aliphatic carbocycles. The number of hydrogen-bond acceptors (Lipinski definition) is 5. The summed E-state index contributed by atoms with van der Waals surface area (Å²) in [6, 6.07) is 7.33. The van der Waals surface area contributed by atoms with Gasteiger partial charge in [0.05, 0.1) is 18.1 Å². The Morgan fingerprint density at radius 3 is 2.64 bits per heavy atom. The second-order valence-corrected chi connectivity index (χ2v) is 6.26. The minimum absolute atomic E-state index is 0.203. The van der Waals surface area contributed by atoms with Crippen LogP contribution in [-0.2, 0) is 12.8 Å². The molecule has 0 radical (unpaired) electrons. The lowest BCUT2D eigenvalue weighted by Gasteiger charge is -2.19. The highest BCUT2D eigenvalue weighted by Crippen LogP contribution is 2.36. The van der Waals surface area contributed by atoms with Gasteiger partial charge in [0, 0.05) is 11.8 Å². The van der Waals surface area contributed by atoms with E-state index in [1.165, 1.54) is 7.11 Å². The Labute approximate surface area is 159 Å². The van der Waals surface area contributed by atoms with Crippen LogP contribution in [0.3, 0.4) is 0 Å². The molecular formula is C19H18F2N2O5. The summed E-state index contributed by atoms with van der Waals surface area (Å²) in [7, 11) is 1.19. The van der Waals surface area contributed by atoms with Crippen LogP contribution in [0.4, 0.5) is 20.2 Å². The number of nitro groups is 1. The molecular weight excluding hydrogens is 374 g/mol. The maximum atomic E-state index is 12.8. The minimum Gasteiger partial charge on any atom is -0.493 e. The Balaban J connectivity index is 1.98. The Hall–Kier alpha value is -3.23. The van der Waals surface area contributed by atoms with Crippen molar-refractivity contribution in [3.8, 4) is 11.5 Å². The molecule has 2 aromatic rings. The van der Waals surface area contributed by atoms with Crippen LogP contribution in [0.1, 0.15) is 34.3 Å². The van der Waals surface area contributed by atoms with Gasteiger partial charge >= 0.3 is 6.61 Å². The standard InChI is InChI=1S/C19H18F2N2O5/c1-27-16-9-13(15(23(25)26)10-17(16)28-19(20)21)18(24)22-14-8-4-6-11-5-2-3-7-12(11)14/h4,6,8-10,19H,2-3,5,7H2,1H3,(H,22,24). The highest BCUT2D eigenvalue weighted by atomic mass is 19.3. The van der Waals surface area contributed by atoms with Crippen LogP contribution in [0.25, 0.3) is 0 Å². The van der Waals surface area contributed by atoms with Gasteiger partial charge in [0.15, 0.2) is 11.5 Å². The van der Waals surface area contributed by atoms with Gasteiger partial charge in [-0.3, -0.25) is 14.9 Å². The third-order valence-electron chi connectivity index (χ3n) is 4.58. The van der Waals surface area contributed by atoms with Crippen LogP contribution in [0.2, 0.25) is 0 Å². The van der Waals surface area contributed by atoms with Crippen LogP contribution in [0.5, 0.6) is 11.5 Å². The number of methoxy groups -OCH3 is 1. The van der Waals surface area contributed by atoms with E-state index in [0.29, 0.717) is 5.69 Å². The molecule has 3 rings (SSSR count). The highest BCUT2D eigenvalue weighted by molar-refractivity contribution is 6.08. The Morgan fingerprint density at radius 2 is 1.96 bits per heavy atom. The first-order valence-electron chi connectivity index (χ1n) is 8.64. The van der Waals surface area contributed by atoms with Gasteiger partial charge < -0.3 is 14.8 Å². The van der Waals surface area contributed by atoms with Crippen molar-refractivity contribution in [1.29, 1.82) is 0 Å². The molecule has 0 saturated carbocycles. The second-order valence-electron chi connectivity index (χ2n) is 6.26. The molecule has 2 aromatic carbocycles. The number of carbonyl (C=O) groups is 1. The van der Waals surface area contributed by atoms with Gasteiger partial charge in [-0.2, -0.15) is 8.78 Å². The lowest BCUT2D eigenvalue weighted by Crippen LogP contribution is -2.17. The molecule has 1 aliphatic rings. The van der Waals surface area contributed by atoms with E-state index in [4.69, 9.17) is 4.74 Å². The third-order valence-corrected chi connectivity index (χ3v) is 4.58. The van der Waals surface area contributed by atoms with E-state index < -0.39 is 28.9 Å². The lowest BCUT2D eigenvalue weighted by molar-refractivity contribution is -0.385. The van der Waals surface area contributed by atoms with Crippen LogP contribution < -0.4 is 14.8 Å². The first kappa shape index (κ1) is 19.5. The maximum absolute atomic E-state index is 12.8. The fourth-order valence-corrected chi connectivity index (χ4v) is 3.32. The molecule has 9 heteroatoms. The summed E-state index contributed by atoms with van der Waals surface area (Å²) in [5.41, 5.74) is 1.77. The van der Waals surface area contributed by atoms with Crippen molar-refractivity contribution in [1.82, 2.24) is 0 Å². The van der Waals surface area contributed by atoms with Gasteiger partial charge in [0.1, 0.15) is 5.56 Å². The van der Waals surface area contributed by atoms with Gasteiger partial charge in [-0.05, 0) is 42.9 Å². The van der Waals surface area contributed by atoms with E-state index in [-0.39, 0.29) is 11.3 Å². The van der Waals surface area contributed by atoms with Crippen molar-refractivity contribution < 1.29 is 28.0 Å². The average Bonchev–Trinajstić information content (AvgIpc) is 2.67. The molecule has 1 N–H and O–H groups in total. The van der Waals surface area contributed by atoms with E-state index in [1.807, 2.05) is 12.1 Å². The van der Waals surface area contributed by atoms with E-state index in [2.05, 4.69) is 10.1 Å². The molecule has 28 heavy (non-hydrogen) atoms. The number of anilines is 1. The third kappa shape index (κ3) is 4.03. The minimum atomic E-state index is -3.19. The van der Waals surface area contributed by atoms with E-state index in [1.54, 1.807) is 6.07 Å². The summed E-state index contributed by atoms with van der Waals surface area (Å²) in [6.07, 6.45) is 3.78. The number of benzene rings is 2. The molecule has 1 amide bonds. The van der Waals surface area contributed by atoms with E-state index in [9.17, 15) is 23.7 Å². The molecule has 0 aliphatic heterocycles. The number of nitro benzene ring substituents is 1. The molecule has 7 nitrogen and oxygen atoms in total. The van der Waals surface area contributed by atoms with Gasteiger partial charge in [-0.15, -0.1) is 0 Å². The molecule has 0 bridgehead atoms. The Kier molecular flexibility index (Phi) is 5.72. The fourth-order valence-electron chi connectivity index (χ4n) is 3.32. The van der Waals surface area contributed by atoms with Crippen molar-refractivity contribution in [2.45, 2.75) is 32.3 Å². The van der Waals surface area contributed by atoms with E-state index in [0.717, 1.165) is 48.9 Å². The Bertz CT molecular complexity index is 917. The summed E-state index contributed by atoms with van der Waals surface area (Å²) < 4.78 is 34.3. The van der Waals surface area contributed by atoms with Crippen LogP contribution >= 0.6 is 0 Å². The lowest BCUT2D eigenvalue weighted by atomic mass is 9.90. The number of nitrogens with one attached hydrogen (secondary N) is 1. The van der Waals surface area contributed by atoms with Crippen molar-refractivity contribution in [3.63, 3.8) is 0 Å². The zero-order valence-electron chi connectivity index (χ0n) is 15.0. The Morgan fingerprint density at radius 1 is 1.21 bits per heavy atom. The van der Waals surface area contributed by atoms with Gasteiger partial charge in [-0.25, -0.2) is 0 Å². The molecule has 0 heterocycles. The molecule has 0 atom stereocenters. The number of ether oxygens (including phenoxy) is 2. The van der Waals surface area contributed by atoms with Crippen LogP contribution in [0.15, 0.2) is 30.3 Å². The number of hydrogen-bond donors (Lipinski definition) is 1. The zero-order valence-corrected chi connectivity index (χ0v) is 15.0. The monoisotopic (exact) mass is 392 g/mol. The van der Waals surface area contributed by atoms with Crippen molar-refractivity contribution >= 4 is 17.3 Å². The summed E-state index contributed by atoms with van der Waals surface area (Å²) >= 11 is 0. The number of carbonyl (C=O) groups excluding carboxylic acids is 1. The number of alkyl halides is 2. The number of aryl methyl sites for hydroxylation is 1. The first-order chi connectivity index (χ1) is 13.4. The fraction of sp³-hybridized carbons (Fsp3) is 0.316. The molecule has 0 unspecified atom stereocenters. The smallest absolute Gasteiger partial charge is 0.387 e. The molecule has 0 aromatic heterocycles. The van der Waals surface area contributed by atoms with Crippen molar-refractivity contribution in [3.05, 3.63) is 57.1 Å². The predicted octanol–water partition coefficient (Wildman–Crippen LogP) is 4.34. The predicted molar refractivity (Wildman–Crippen MR) is 97.3 cm³/mol. The SMILES string of the molecule is COc1cc(C(=O)Nc2cccc3c2CCCC3)c([N+](=O)[O-])cc1OC(F)F. The van der Waals surface area contributed by atoms with Crippen LogP contribution in [0, 0.1) is 10.1 Å². The van der Waals surface area contributed by atoms with Crippen LogP contribution in [-0.4, -0.2) is 24.6 Å². The normalized spacial score (nSPS) is 13.0. The number of amides is 1. The van der Waals surface area contributed by atoms with Gasteiger partial charge in [0.2, 0.25) is 0 Å². The number of nitrogens with zero attached hydrogens (tertiary/aromatic N) is 1. The summed E-state index contributed by atoms with van der Waals surface area (Å²) in [6.45, 7) is -3.19. The largest absolute Gasteiger partial charge is 0.493 e. The average molecular weight is 392 g/mol. The number of rotatable bonds is 6. The first-order valence-corrected chi connectivity index (χ1v) is 8.64. The highest BCUT2D eigenvalue weighted by Gasteiger charge is 2.26. The van der Waals surface area contributed by atoms with Crippen molar-refractivity contribution in [2.75, 3.05) is 12.4 Å². The van der Waals surface area contributed by atoms with Crippen molar-refractivity contribution in [2.24, 2.45) is 0 Å². The zero-order chi connectivity index (χ0) is 20.3. The summed E-state index contributed by atoms with van der Waals surface area (Å²) in [5, 5.41) is 14.1. The number of halogens is 2. The number of fused-ring (bicyclic) bond motifs is 1. The van der Waals surface area contributed by atoms with E-state index >= 15 is 0 Å². The topological polar surface area (TPSA) is 90.7 Å². The van der Waals surface area contributed by atoms with Gasteiger partial charge in [-0.1, -0.05) is 12.1 Å². The summed E-state index contributed by atoms with van der Waals surface area (Å²) in [5.74, 6) is -1.45.